The SMILES string of the molecule is CS(=O)(=O)n1cc(NC(=O)c2c(C(F)(F)F)cnn2CC2CC3(CC3)C2)cn1. The number of nitrogens with zero attached hydrogens (tertiary/aromatic N) is 4. The van der Waals surface area contributed by atoms with E-state index >= 15 is 0 Å². The van der Waals surface area contributed by atoms with Crippen molar-refractivity contribution < 1.29 is 26.4 Å². The molecule has 12 heteroatoms. The molecule has 0 aliphatic heterocycles. The molecule has 8 nitrogen and oxygen atoms in total. The molecule has 2 aliphatic carbocycles. The number of aromatic nitrogens is 4. The van der Waals surface area contributed by atoms with Gasteiger partial charge < -0.3 is 5.32 Å². The Morgan fingerprint density at radius 2 is 1.96 bits per heavy atom. The quantitative estimate of drug-likeness (QED) is 0.805. The molecule has 2 aliphatic rings. The Labute approximate surface area is 158 Å². The Morgan fingerprint density at radius 3 is 2.50 bits per heavy atom. The fraction of sp³-hybridized carbons (Fsp3) is 0.562. The summed E-state index contributed by atoms with van der Waals surface area (Å²) in [6.45, 7) is 0.239. The molecule has 4 rings (SSSR count). The largest absolute Gasteiger partial charge is 0.420 e. The lowest BCUT2D eigenvalue weighted by Gasteiger charge is -2.36. The summed E-state index contributed by atoms with van der Waals surface area (Å²) < 4.78 is 64.7. The minimum Gasteiger partial charge on any atom is -0.318 e. The van der Waals surface area contributed by atoms with E-state index in [9.17, 15) is 26.4 Å². The van der Waals surface area contributed by atoms with Crippen molar-refractivity contribution in [1.29, 1.82) is 0 Å². The molecule has 1 spiro atoms. The summed E-state index contributed by atoms with van der Waals surface area (Å²) in [5.74, 6) is -0.818. The van der Waals surface area contributed by atoms with Crippen molar-refractivity contribution in [2.45, 2.75) is 38.4 Å². The van der Waals surface area contributed by atoms with Crippen LogP contribution in [-0.4, -0.2) is 39.5 Å². The highest BCUT2D eigenvalue weighted by molar-refractivity contribution is 7.89. The van der Waals surface area contributed by atoms with Gasteiger partial charge in [-0.1, -0.05) is 0 Å². The van der Waals surface area contributed by atoms with E-state index in [4.69, 9.17) is 0 Å². The van der Waals surface area contributed by atoms with E-state index in [1.54, 1.807) is 0 Å². The smallest absolute Gasteiger partial charge is 0.318 e. The van der Waals surface area contributed by atoms with Crippen LogP contribution in [0, 0.1) is 11.3 Å². The predicted octanol–water partition coefficient (Wildman–Crippen LogP) is 2.35. The van der Waals surface area contributed by atoms with E-state index in [-0.39, 0.29) is 18.2 Å². The molecule has 2 fully saturated rings. The summed E-state index contributed by atoms with van der Waals surface area (Å²) in [5, 5.41) is 9.66. The van der Waals surface area contributed by atoms with Crippen LogP contribution >= 0.6 is 0 Å². The Kier molecular flexibility index (Phi) is 4.11. The van der Waals surface area contributed by atoms with E-state index in [2.05, 4.69) is 15.5 Å². The van der Waals surface area contributed by atoms with E-state index in [0.29, 0.717) is 15.7 Å². The van der Waals surface area contributed by atoms with Crippen LogP contribution in [0.15, 0.2) is 18.6 Å². The number of hydrogen-bond acceptors (Lipinski definition) is 5. The van der Waals surface area contributed by atoms with Crippen LogP contribution in [0.4, 0.5) is 18.9 Å². The second-order valence-electron chi connectivity index (χ2n) is 7.68. The summed E-state index contributed by atoms with van der Waals surface area (Å²) in [6.07, 6.45) is 3.10. The van der Waals surface area contributed by atoms with Crippen LogP contribution in [0.5, 0.6) is 0 Å². The minimum atomic E-state index is -4.74. The summed E-state index contributed by atoms with van der Waals surface area (Å²) in [7, 11) is -3.67. The standard InChI is InChI=1S/C16H18F3N5O3S/c1-28(26,27)24-9-11(6-21-24)22-14(25)13-12(16(17,18)19)7-20-23(13)8-10-4-15(5-10)2-3-15/h6-7,9-10H,2-5,8H2,1H3,(H,22,25). The van der Waals surface area contributed by atoms with E-state index in [0.717, 1.165) is 49.0 Å². The molecule has 2 aromatic rings. The molecule has 0 aromatic carbocycles. The zero-order valence-electron chi connectivity index (χ0n) is 14.9. The Morgan fingerprint density at radius 1 is 1.29 bits per heavy atom. The number of carbonyl (C=O) groups excluding carboxylic acids is 1. The van der Waals surface area contributed by atoms with E-state index in [1.807, 2.05) is 0 Å². The fourth-order valence-corrected chi connectivity index (χ4v) is 4.36. The van der Waals surface area contributed by atoms with Crippen LogP contribution in [0.1, 0.15) is 41.7 Å². The lowest BCUT2D eigenvalue weighted by molar-refractivity contribution is -0.138. The van der Waals surface area contributed by atoms with Crippen LogP contribution in [0.3, 0.4) is 0 Å². The van der Waals surface area contributed by atoms with Gasteiger partial charge in [0.1, 0.15) is 11.3 Å². The normalized spacial score (nSPS) is 18.9. The number of halogens is 3. The number of anilines is 1. The van der Waals surface area contributed by atoms with Crippen molar-refractivity contribution in [2.75, 3.05) is 11.6 Å². The molecule has 28 heavy (non-hydrogen) atoms. The molecule has 2 aromatic heterocycles. The van der Waals surface area contributed by atoms with Gasteiger partial charge in [-0.2, -0.15) is 27.5 Å². The first kappa shape index (κ1) is 19.0. The van der Waals surface area contributed by atoms with Gasteiger partial charge in [-0.15, -0.1) is 0 Å². The van der Waals surface area contributed by atoms with Crippen LogP contribution in [0.2, 0.25) is 0 Å². The number of rotatable bonds is 5. The Bertz CT molecular complexity index is 1030. The molecule has 0 bridgehead atoms. The molecule has 2 heterocycles. The van der Waals surface area contributed by atoms with Crippen LogP contribution in [0.25, 0.3) is 0 Å². The summed E-state index contributed by atoms with van der Waals surface area (Å²) in [4.78, 5) is 12.6. The average molecular weight is 417 g/mol. The number of hydrogen-bond donors (Lipinski definition) is 1. The van der Waals surface area contributed by atoms with Crippen molar-refractivity contribution in [2.24, 2.45) is 11.3 Å². The average Bonchev–Trinajstić information content (AvgIpc) is 2.99. The van der Waals surface area contributed by atoms with Crippen molar-refractivity contribution in [3.63, 3.8) is 0 Å². The van der Waals surface area contributed by atoms with Gasteiger partial charge in [0.25, 0.3) is 15.9 Å². The molecule has 0 radical (unpaired) electrons. The van der Waals surface area contributed by atoms with Gasteiger partial charge >= 0.3 is 6.18 Å². The first-order valence-corrected chi connectivity index (χ1v) is 10.5. The van der Waals surface area contributed by atoms with Gasteiger partial charge in [0.05, 0.1) is 30.5 Å². The highest BCUT2D eigenvalue weighted by Gasteiger charge is 2.53. The third-order valence-corrected chi connectivity index (χ3v) is 6.23. The molecule has 0 unspecified atom stereocenters. The summed E-state index contributed by atoms with van der Waals surface area (Å²) in [5.41, 5.74) is -1.36. The molecule has 1 N–H and O–H groups in total. The maximum atomic E-state index is 13.4. The van der Waals surface area contributed by atoms with Gasteiger partial charge in [0.2, 0.25) is 0 Å². The number of amides is 1. The Balaban J connectivity index is 1.57. The van der Waals surface area contributed by atoms with Crippen molar-refractivity contribution in [3.05, 3.63) is 29.8 Å². The highest BCUT2D eigenvalue weighted by atomic mass is 32.2. The van der Waals surface area contributed by atoms with E-state index < -0.39 is 33.4 Å². The molecule has 0 atom stereocenters. The lowest BCUT2D eigenvalue weighted by atomic mass is 9.72. The van der Waals surface area contributed by atoms with Crippen molar-refractivity contribution in [3.8, 4) is 0 Å². The molecule has 0 saturated heterocycles. The number of carbonyl (C=O) groups is 1. The Hall–Kier alpha value is -2.37. The first-order valence-electron chi connectivity index (χ1n) is 8.66. The van der Waals surface area contributed by atoms with Crippen LogP contribution in [-0.2, 0) is 22.7 Å². The van der Waals surface area contributed by atoms with E-state index in [1.165, 1.54) is 0 Å². The van der Waals surface area contributed by atoms with Gasteiger partial charge in [-0.3, -0.25) is 9.48 Å². The van der Waals surface area contributed by atoms with Gasteiger partial charge in [0.15, 0.2) is 0 Å². The number of nitrogens with one attached hydrogen (secondary N) is 1. The fourth-order valence-electron chi connectivity index (χ4n) is 3.84. The maximum absolute atomic E-state index is 13.4. The third-order valence-electron chi connectivity index (χ3n) is 5.35. The molecule has 152 valence electrons. The first-order chi connectivity index (χ1) is 13.0. The highest BCUT2D eigenvalue weighted by Crippen LogP contribution is 2.63. The molecule has 2 saturated carbocycles. The van der Waals surface area contributed by atoms with Crippen molar-refractivity contribution >= 4 is 21.6 Å². The van der Waals surface area contributed by atoms with Crippen molar-refractivity contribution in [1.82, 2.24) is 19.0 Å². The topological polar surface area (TPSA) is 98.9 Å². The second kappa shape index (κ2) is 6.06. The number of alkyl halides is 3. The second-order valence-corrected chi connectivity index (χ2v) is 9.52. The lowest BCUT2D eigenvalue weighted by Crippen LogP contribution is -2.31. The zero-order chi connectivity index (χ0) is 20.3. The van der Waals surface area contributed by atoms with Crippen LogP contribution < -0.4 is 5.32 Å². The monoisotopic (exact) mass is 417 g/mol. The minimum absolute atomic E-state index is 0.0307. The maximum Gasteiger partial charge on any atom is 0.420 e. The summed E-state index contributed by atoms with van der Waals surface area (Å²) >= 11 is 0. The predicted molar refractivity (Wildman–Crippen MR) is 92.0 cm³/mol. The van der Waals surface area contributed by atoms with Gasteiger partial charge in [-0.05, 0) is 37.0 Å². The molecule has 1 amide bonds. The molecular weight excluding hydrogens is 399 g/mol. The van der Waals surface area contributed by atoms with Gasteiger partial charge in [0, 0.05) is 6.54 Å². The third kappa shape index (κ3) is 3.52. The summed E-state index contributed by atoms with van der Waals surface area (Å²) in [6, 6.07) is 0. The molecular formula is C16H18F3N5O3S. The van der Waals surface area contributed by atoms with Gasteiger partial charge in [-0.25, -0.2) is 8.42 Å². The zero-order valence-corrected chi connectivity index (χ0v) is 15.7.